The second kappa shape index (κ2) is 5.99. The summed E-state index contributed by atoms with van der Waals surface area (Å²) in [6, 6.07) is 4.39. The Bertz CT molecular complexity index is 598. The topological polar surface area (TPSA) is 54.2 Å². The molecule has 7 heteroatoms. The van der Waals surface area contributed by atoms with Crippen LogP contribution in [0, 0.1) is 5.82 Å². The lowest BCUT2D eigenvalue weighted by Crippen LogP contribution is -2.43. The molecule has 0 unspecified atom stereocenters. The highest BCUT2D eigenvalue weighted by Gasteiger charge is 2.16. The van der Waals surface area contributed by atoms with Crippen molar-refractivity contribution in [3.63, 3.8) is 0 Å². The minimum Gasteiger partial charge on any atom is -0.334 e. The molecule has 1 aliphatic heterocycles. The summed E-state index contributed by atoms with van der Waals surface area (Å²) >= 11 is 3.31. The molecule has 0 spiro atoms. The number of piperazine rings is 1. The van der Waals surface area contributed by atoms with Crippen molar-refractivity contribution in [2.75, 3.05) is 26.2 Å². The quantitative estimate of drug-likeness (QED) is 0.926. The Morgan fingerprint density at radius 2 is 2.15 bits per heavy atom. The maximum Gasteiger partial charge on any atom is 0.259 e. The van der Waals surface area contributed by atoms with Crippen LogP contribution in [0.15, 0.2) is 27.2 Å². The molecule has 0 atom stereocenters. The highest BCUT2D eigenvalue weighted by atomic mass is 79.9. The summed E-state index contributed by atoms with van der Waals surface area (Å²) in [6.45, 7) is 4.58. The number of nitrogens with zero attached hydrogens (tertiary/aromatic N) is 3. The molecule has 2 heterocycles. The Labute approximate surface area is 124 Å². The van der Waals surface area contributed by atoms with Crippen molar-refractivity contribution >= 4 is 15.9 Å². The molecule has 0 radical (unpaired) electrons. The van der Waals surface area contributed by atoms with Gasteiger partial charge in [-0.1, -0.05) is 5.16 Å². The van der Waals surface area contributed by atoms with E-state index in [-0.39, 0.29) is 5.82 Å². The van der Waals surface area contributed by atoms with Crippen LogP contribution in [-0.4, -0.2) is 41.2 Å². The molecular weight excluding hydrogens is 327 g/mol. The van der Waals surface area contributed by atoms with Crippen LogP contribution in [0.5, 0.6) is 0 Å². The van der Waals surface area contributed by atoms with E-state index in [1.807, 2.05) is 0 Å². The van der Waals surface area contributed by atoms with E-state index in [2.05, 4.69) is 36.3 Å². The molecule has 5 nitrogen and oxygen atoms in total. The number of halogens is 2. The average molecular weight is 341 g/mol. The average Bonchev–Trinajstić information content (AvgIpc) is 2.88. The van der Waals surface area contributed by atoms with Gasteiger partial charge in [0.05, 0.1) is 12.1 Å². The van der Waals surface area contributed by atoms with Gasteiger partial charge in [-0.05, 0) is 34.1 Å². The molecule has 1 aromatic carbocycles. The van der Waals surface area contributed by atoms with Crippen molar-refractivity contribution in [2.45, 2.75) is 6.54 Å². The summed E-state index contributed by atoms with van der Waals surface area (Å²) in [6.07, 6.45) is 0. The van der Waals surface area contributed by atoms with E-state index in [1.165, 1.54) is 12.1 Å². The lowest BCUT2D eigenvalue weighted by Gasteiger charge is -2.25. The van der Waals surface area contributed by atoms with Gasteiger partial charge in [0.1, 0.15) is 5.82 Å². The second-order valence-corrected chi connectivity index (χ2v) is 5.52. The van der Waals surface area contributed by atoms with Gasteiger partial charge in [-0.25, -0.2) is 4.39 Å². The number of aromatic nitrogens is 2. The summed E-state index contributed by atoms with van der Waals surface area (Å²) in [4.78, 5) is 6.64. The van der Waals surface area contributed by atoms with Crippen molar-refractivity contribution in [3.8, 4) is 11.5 Å². The van der Waals surface area contributed by atoms with E-state index in [4.69, 9.17) is 4.52 Å². The Kier molecular flexibility index (Phi) is 4.09. The fraction of sp³-hybridized carbons (Fsp3) is 0.385. The Morgan fingerprint density at radius 3 is 2.90 bits per heavy atom. The van der Waals surface area contributed by atoms with Crippen molar-refractivity contribution in [2.24, 2.45) is 0 Å². The van der Waals surface area contributed by atoms with Crippen LogP contribution < -0.4 is 5.32 Å². The number of hydrogen-bond acceptors (Lipinski definition) is 5. The van der Waals surface area contributed by atoms with Gasteiger partial charge in [-0.3, -0.25) is 4.90 Å². The summed E-state index contributed by atoms with van der Waals surface area (Å²) in [5, 5.41) is 7.28. The zero-order valence-electron chi connectivity index (χ0n) is 10.8. The van der Waals surface area contributed by atoms with E-state index in [9.17, 15) is 4.39 Å². The number of hydrogen-bond donors (Lipinski definition) is 1. The molecule has 1 aromatic heterocycles. The Morgan fingerprint density at radius 1 is 1.35 bits per heavy atom. The molecule has 0 amide bonds. The van der Waals surface area contributed by atoms with Gasteiger partial charge >= 0.3 is 0 Å². The first kappa shape index (κ1) is 13.7. The third-order valence-corrected chi connectivity index (χ3v) is 3.86. The van der Waals surface area contributed by atoms with Crippen molar-refractivity contribution in [3.05, 3.63) is 34.3 Å². The van der Waals surface area contributed by atoms with Gasteiger partial charge in [0, 0.05) is 30.7 Å². The zero-order valence-corrected chi connectivity index (χ0v) is 12.4. The molecule has 106 valence electrons. The fourth-order valence-electron chi connectivity index (χ4n) is 2.16. The third-order valence-electron chi connectivity index (χ3n) is 3.20. The van der Waals surface area contributed by atoms with Crippen LogP contribution in [0.1, 0.15) is 5.82 Å². The van der Waals surface area contributed by atoms with E-state index in [1.54, 1.807) is 6.07 Å². The lowest BCUT2D eigenvalue weighted by atomic mass is 10.2. The maximum absolute atomic E-state index is 13.1. The van der Waals surface area contributed by atoms with Crippen LogP contribution in [0.4, 0.5) is 4.39 Å². The molecule has 1 aliphatic rings. The molecule has 1 fully saturated rings. The smallest absolute Gasteiger partial charge is 0.259 e. The summed E-state index contributed by atoms with van der Waals surface area (Å²) in [5.74, 6) is 0.751. The number of rotatable bonds is 3. The number of nitrogens with one attached hydrogen (secondary N) is 1. The van der Waals surface area contributed by atoms with Crippen LogP contribution in [0.25, 0.3) is 11.5 Å². The lowest BCUT2D eigenvalue weighted by molar-refractivity contribution is 0.225. The normalized spacial score (nSPS) is 16.5. The minimum absolute atomic E-state index is 0.304. The van der Waals surface area contributed by atoms with E-state index >= 15 is 0 Å². The minimum atomic E-state index is -0.304. The molecule has 2 aromatic rings. The third kappa shape index (κ3) is 3.05. The molecule has 1 saturated heterocycles. The fourth-order valence-corrected chi connectivity index (χ4v) is 2.68. The molecule has 1 N–H and O–H groups in total. The second-order valence-electron chi connectivity index (χ2n) is 4.67. The van der Waals surface area contributed by atoms with E-state index in [0.717, 1.165) is 26.2 Å². The zero-order chi connectivity index (χ0) is 13.9. The molecule has 0 bridgehead atoms. The Balaban J connectivity index is 1.75. The van der Waals surface area contributed by atoms with E-state index < -0.39 is 0 Å². The van der Waals surface area contributed by atoms with Crippen LogP contribution in [0.2, 0.25) is 0 Å². The van der Waals surface area contributed by atoms with Crippen LogP contribution in [-0.2, 0) is 6.54 Å². The van der Waals surface area contributed by atoms with Gasteiger partial charge in [0.25, 0.3) is 5.89 Å². The van der Waals surface area contributed by atoms with Crippen molar-refractivity contribution in [1.29, 1.82) is 0 Å². The highest BCUT2D eigenvalue weighted by Crippen LogP contribution is 2.27. The number of benzene rings is 1. The van der Waals surface area contributed by atoms with Crippen LogP contribution >= 0.6 is 15.9 Å². The molecule has 3 rings (SSSR count). The molecular formula is C13H14BrFN4O. The standard InChI is InChI=1S/C13H14BrFN4O/c14-11-7-9(15)1-2-10(11)13-17-12(18-20-13)8-19-5-3-16-4-6-19/h1-2,7,16H,3-6,8H2. The summed E-state index contributed by atoms with van der Waals surface area (Å²) in [7, 11) is 0. The molecule has 0 aliphatic carbocycles. The van der Waals surface area contributed by atoms with Gasteiger partial charge < -0.3 is 9.84 Å². The van der Waals surface area contributed by atoms with Gasteiger partial charge in [0.2, 0.25) is 0 Å². The Hall–Kier alpha value is -1.31. The maximum atomic E-state index is 13.1. The monoisotopic (exact) mass is 340 g/mol. The van der Waals surface area contributed by atoms with E-state index in [0.29, 0.717) is 28.3 Å². The molecule has 20 heavy (non-hydrogen) atoms. The van der Waals surface area contributed by atoms with Gasteiger partial charge in [0.15, 0.2) is 5.82 Å². The molecule has 0 saturated carbocycles. The van der Waals surface area contributed by atoms with Gasteiger partial charge in [-0.2, -0.15) is 4.98 Å². The predicted molar refractivity (Wildman–Crippen MR) is 75.5 cm³/mol. The first-order valence-corrected chi connectivity index (χ1v) is 7.23. The van der Waals surface area contributed by atoms with Crippen molar-refractivity contribution < 1.29 is 8.91 Å². The first-order valence-electron chi connectivity index (χ1n) is 6.43. The van der Waals surface area contributed by atoms with Crippen molar-refractivity contribution in [1.82, 2.24) is 20.4 Å². The first-order chi connectivity index (χ1) is 9.72. The largest absolute Gasteiger partial charge is 0.334 e. The SMILES string of the molecule is Fc1ccc(-c2nc(CN3CCNCC3)no2)c(Br)c1. The summed E-state index contributed by atoms with van der Waals surface area (Å²) in [5.41, 5.74) is 0.700. The van der Waals surface area contributed by atoms with Crippen LogP contribution in [0.3, 0.4) is 0 Å². The predicted octanol–water partition coefficient (Wildman–Crippen LogP) is 2.04. The van der Waals surface area contributed by atoms with Gasteiger partial charge in [-0.15, -0.1) is 0 Å². The highest BCUT2D eigenvalue weighted by molar-refractivity contribution is 9.10. The summed E-state index contributed by atoms with van der Waals surface area (Å²) < 4.78 is 18.9.